The molecule has 0 atom stereocenters. The Kier molecular flexibility index (Phi) is 5.54. The van der Waals surface area contributed by atoms with Gasteiger partial charge in [0.2, 0.25) is 5.91 Å². The minimum atomic E-state index is -0.0267. The molecule has 1 amide bonds. The zero-order valence-electron chi connectivity index (χ0n) is 19.8. The van der Waals surface area contributed by atoms with Crippen LogP contribution in [0.1, 0.15) is 19.8 Å². The molecule has 0 saturated heterocycles. The van der Waals surface area contributed by atoms with Gasteiger partial charge in [0.05, 0.1) is 40.3 Å². The fourth-order valence-corrected chi connectivity index (χ4v) is 5.04. The molecule has 0 saturated carbocycles. The molecule has 36 heavy (non-hydrogen) atoms. The number of aromatic nitrogens is 6. The van der Waals surface area contributed by atoms with Gasteiger partial charge in [-0.25, -0.2) is 4.98 Å². The highest BCUT2D eigenvalue weighted by molar-refractivity contribution is 7.08. The van der Waals surface area contributed by atoms with Crippen molar-refractivity contribution in [1.29, 1.82) is 0 Å². The summed E-state index contributed by atoms with van der Waals surface area (Å²) in [6.45, 7) is 1.98. The topological polar surface area (TPSA) is 101 Å². The number of carbonyl (C=O) groups is 1. The van der Waals surface area contributed by atoms with Crippen molar-refractivity contribution < 1.29 is 4.79 Å². The second-order valence-corrected chi connectivity index (χ2v) is 9.40. The molecule has 0 aliphatic carbocycles. The molecule has 178 valence electrons. The highest BCUT2D eigenvalue weighted by atomic mass is 32.1. The number of para-hydroxylation sites is 1. The summed E-state index contributed by atoms with van der Waals surface area (Å²) in [6, 6.07) is 12.2. The molecule has 0 spiro atoms. The van der Waals surface area contributed by atoms with Gasteiger partial charge in [-0.2, -0.15) is 16.4 Å². The number of aryl methyl sites for hydroxylation is 1. The Labute approximate surface area is 211 Å². The molecule has 0 radical (unpaired) electrons. The Balaban J connectivity index is 1.43. The molecule has 0 aliphatic heterocycles. The number of H-pyrrole nitrogens is 1. The lowest BCUT2D eigenvalue weighted by Crippen LogP contribution is -2.10. The van der Waals surface area contributed by atoms with Gasteiger partial charge in [-0.15, -0.1) is 0 Å². The standard InChI is InChI=1S/C27H23N7OS/c1-3-5-24(35)30-18-10-17(12-28-13-18)22-11-20-23(14-29-22)34(2)33-26(20)27-31-21-7-4-6-19(25(21)32-27)16-8-9-36-15-16/h4,6-15H,3,5H2,1-2H3,(H,30,35)(H,31,32). The van der Waals surface area contributed by atoms with Crippen LogP contribution in [-0.4, -0.2) is 35.6 Å². The average molecular weight is 494 g/mol. The monoisotopic (exact) mass is 493 g/mol. The normalized spacial score (nSPS) is 11.4. The van der Waals surface area contributed by atoms with Gasteiger partial charge in [-0.1, -0.05) is 19.1 Å². The first-order valence-electron chi connectivity index (χ1n) is 11.7. The maximum absolute atomic E-state index is 12.0. The Morgan fingerprint density at radius 1 is 1.14 bits per heavy atom. The van der Waals surface area contributed by atoms with Crippen LogP contribution in [0.2, 0.25) is 0 Å². The predicted octanol–water partition coefficient (Wildman–Crippen LogP) is 6.04. The van der Waals surface area contributed by atoms with Crippen LogP contribution < -0.4 is 5.32 Å². The number of amides is 1. The van der Waals surface area contributed by atoms with Crippen molar-refractivity contribution in [3.63, 3.8) is 0 Å². The van der Waals surface area contributed by atoms with Gasteiger partial charge in [0.25, 0.3) is 0 Å². The first-order chi connectivity index (χ1) is 17.6. The van der Waals surface area contributed by atoms with Crippen LogP contribution in [-0.2, 0) is 11.8 Å². The fourth-order valence-electron chi connectivity index (χ4n) is 4.38. The summed E-state index contributed by atoms with van der Waals surface area (Å²) in [5.74, 6) is 0.676. The van der Waals surface area contributed by atoms with Crippen LogP contribution in [0.5, 0.6) is 0 Å². The van der Waals surface area contributed by atoms with Crippen LogP contribution in [0.3, 0.4) is 0 Å². The van der Waals surface area contributed by atoms with Crippen molar-refractivity contribution in [1.82, 2.24) is 29.7 Å². The van der Waals surface area contributed by atoms with E-state index in [4.69, 9.17) is 10.1 Å². The van der Waals surface area contributed by atoms with Crippen LogP contribution in [0.25, 0.3) is 55.8 Å². The summed E-state index contributed by atoms with van der Waals surface area (Å²) in [6.07, 6.45) is 6.46. The van der Waals surface area contributed by atoms with Crippen LogP contribution in [0.15, 0.2) is 65.7 Å². The van der Waals surface area contributed by atoms with Gasteiger partial charge in [-0.3, -0.25) is 19.4 Å². The molecule has 6 rings (SSSR count). The van der Waals surface area contributed by atoms with Gasteiger partial charge in [0.1, 0.15) is 5.69 Å². The maximum atomic E-state index is 12.0. The van der Waals surface area contributed by atoms with Gasteiger partial charge in [-0.05, 0) is 47.0 Å². The lowest BCUT2D eigenvalue weighted by molar-refractivity contribution is -0.116. The van der Waals surface area contributed by atoms with Crippen molar-refractivity contribution >= 4 is 44.9 Å². The molecule has 2 N–H and O–H groups in total. The van der Waals surface area contributed by atoms with Crippen molar-refractivity contribution in [3.05, 3.63) is 65.7 Å². The number of rotatable bonds is 6. The zero-order valence-corrected chi connectivity index (χ0v) is 20.6. The van der Waals surface area contributed by atoms with E-state index in [0.29, 0.717) is 17.9 Å². The number of hydrogen-bond acceptors (Lipinski definition) is 6. The summed E-state index contributed by atoms with van der Waals surface area (Å²) < 4.78 is 1.81. The number of aromatic amines is 1. The summed E-state index contributed by atoms with van der Waals surface area (Å²) in [5.41, 5.74) is 7.97. The fraction of sp³-hybridized carbons (Fsp3) is 0.148. The summed E-state index contributed by atoms with van der Waals surface area (Å²) >= 11 is 1.67. The van der Waals surface area contributed by atoms with Crippen LogP contribution >= 0.6 is 11.3 Å². The number of benzene rings is 1. The third-order valence-corrected chi connectivity index (χ3v) is 6.78. The van der Waals surface area contributed by atoms with E-state index < -0.39 is 0 Å². The molecular weight excluding hydrogens is 470 g/mol. The molecule has 1 aromatic carbocycles. The number of imidazole rings is 1. The van der Waals surface area contributed by atoms with Crippen molar-refractivity contribution in [3.8, 4) is 33.9 Å². The minimum absolute atomic E-state index is 0.0267. The first-order valence-corrected chi connectivity index (χ1v) is 12.6. The lowest BCUT2D eigenvalue weighted by Gasteiger charge is -2.06. The Bertz CT molecular complexity index is 1720. The highest BCUT2D eigenvalue weighted by Gasteiger charge is 2.18. The third kappa shape index (κ3) is 3.93. The maximum Gasteiger partial charge on any atom is 0.224 e. The third-order valence-electron chi connectivity index (χ3n) is 6.10. The number of hydrogen-bond donors (Lipinski definition) is 2. The Hall–Kier alpha value is -4.37. The number of thiophene rings is 1. The highest BCUT2D eigenvalue weighted by Crippen LogP contribution is 2.33. The van der Waals surface area contributed by atoms with Crippen LogP contribution in [0, 0.1) is 0 Å². The van der Waals surface area contributed by atoms with Gasteiger partial charge >= 0.3 is 0 Å². The van der Waals surface area contributed by atoms with Gasteiger partial charge in [0, 0.05) is 36.2 Å². The van der Waals surface area contributed by atoms with Gasteiger partial charge in [0.15, 0.2) is 5.82 Å². The van der Waals surface area contributed by atoms with E-state index in [1.54, 1.807) is 23.7 Å². The minimum Gasteiger partial charge on any atom is -0.337 e. The van der Waals surface area contributed by atoms with E-state index in [1.807, 2.05) is 49.1 Å². The molecule has 0 unspecified atom stereocenters. The quantitative estimate of drug-likeness (QED) is 0.294. The van der Waals surface area contributed by atoms with Crippen LogP contribution in [0.4, 0.5) is 5.69 Å². The van der Waals surface area contributed by atoms with Crippen molar-refractivity contribution in [2.45, 2.75) is 19.8 Å². The molecule has 0 fully saturated rings. The van der Waals surface area contributed by atoms with E-state index in [-0.39, 0.29) is 5.91 Å². The second-order valence-electron chi connectivity index (χ2n) is 8.62. The van der Waals surface area contributed by atoms with E-state index in [1.165, 1.54) is 0 Å². The predicted molar refractivity (Wildman–Crippen MR) is 144 cm³/mol. The smallest absolute Gasteiger partial charge is 0.224 e. The SMILES string of the molecule is CCCC(=O)Nc1cncc(-c2cc3c(-c4nc5c(-c6ccsc6)cccc5[nH]4)nn(C)c3cn2)c1. The number of nitrogens with one attached hydrogen (secondary N) is 2. The second kappa shape index (κ2) is 9.01. The number of fused-ring (bicyclic) bond motifs is 2. The summed E-state index contributed by atoms with van der Waals surface area (Å²) in [4.78, 5) is 29.4. The number of carbonyl (C=O) groups excluding carboxylic acids is 1. The van der Waals surface area contributed by atoms with Gasteiger partial charge < -0.3 is 10.3 Å². The molecule has 5 aromatic heterocycles. The van der Waals surface area contributed by atoms with E-state index >= 15 is 0 Å². The largest absolute Gasteiger partial charge is 0.337 e. The Morgan fingerprint density at radius 3 is 2.89 bits per heavy atom. The first kappa shape index (κ1) is 22.1. The molecule has 8 nitrogen and oxygen atoms in total. The number of nitrogens with zero attached hydrogens (tertiary/aromatic N) is 5. The molecule has 0 aliphatic rings. The summed E-state index contributed by atoms with van der Waals surface area (Å²) in [5, 5.41) is 12.8. The molecule has 5 heterocycles. The average Bonchev–Trinajstić information content (AvgIpc) is 3.63. The molecule has 0 bridgehead atoms. The zero-order chi connectivity index (χ0) is 24.6. The van der Waals surface area contributed by atoms with Crippen molar-refractivity contribution in [2.24, 2.45) is 7.05 Å². The van der Waals surface area contributed by atoms with Crippen molar-refractivity contribution in [2.75, 3.05) is 5.32 Å². The molecule has 6 aromatic rings. The molecular formula is C27H23N7OS. The Morgan fingerprint density at radius 2 is 2.06 bits per heavy atom. The summed E-state index contributed by atoms with van der Waals surface area (Å²) in [7, 11) is 1.90. The van der Waals surface area contributed by atoms with E-state index in [9.17, 15) is 4.79 Å². The number of pyridine rings is 2. The lowest BCUT2D eigenvalue weighted by atomic mass is 10.1. The molecule has 9 heteroatoms. The number of anilines is 1. The van der Waals surface area contributed by atoms with E-state index in [2.05, 4.69) is 43.2 Å². The van der Waals surface area contributed by atoms with E-state index in [0.717, 1.165) is 56.4 Å².